The first-order valence-corrected chi connectivity index (χ1v) is 32.6. The number of unbranched alkanes of at least 4 members (excludes halogenated alkanes) is 6. The quantitative estimate of drug-likeness (QED) is 0.108. The summed E-state index contributed by atoms with van der Waals surface area (Å²) in [5.74, 6) is 0.0366. The fourth-order valence-corrected chi connectivity index (χ4v) is 52.4. The number of aliphatic hydroxyl groups is 1. The van der Waals surface area contributed by atoms with Gasteiger partial charge in [0.15, 0.2) is 0 Å². The summed E-state index contributed by atoms with van der Waals surface area (Å²) in [5.41, 5.74) is 0. The van der Waals surface area contributed by atoms with E-state index < -0.39 is 49.0 Å². The summed E-state index contributed by atoms with van der Waals surface area (Å²) in [4.78, 5) is 0. The predicted molar refractivity (Wildman–Crippen MR) is 175 cm³/mol. The van der Waals surface area contributed by atoms with E-state index in [0.717, 1.165) is 139 Å². The van der Waals surface area contributed by atoms with Gasteiger partial charge in [-0.15, -0.1) is 0 Å². The summed E-state index contributed by atoms with van der Waals surface area (Å²) in [6.07, 6.45) is 11.9. The number of rotatable bonds is 22. The van der Waals surface area contributed by atoms with Gasteiger partial charge in [0, 0.05) is 0 Å². The molecule has 1 aliphatic rings. The molecule has 0 radical (unpaired) electrons. The van der Waals surface area contributed by atoms with Crippen molar-refractivity contribution in [2.75, 3.05) is 0 Å². The molecule has 0 heterocycles. The van der Waals surface area contributed by atoms with Crippen molar-refractivity contribution < 1.29 is 18.3 Å². The third kappa shape index (κ3) is 11.9. The molecule has 0 aliphatic heterocycles. The first-order chi connectivity index (χ1) is 19.1. The molecular weight excluding hydrogens is 719 g/mol. The molecule has 1 fully saturated rings. The molecule has 1 atom stereocenters. The van der Waals surface area contributed by atoms with Crippen LogP contribution in [-0.4, -0.2) is 54.1 Å². The van der Waals surface area contributed by atoms with Gasteiger partial charge in [-0.25, -0.2) is 0 Å². The van der Waals surface area contributed by atoms with Crippen LogP contribution in [0.5, 0.6) is 0 Å². The van der Waals surface area contributed by atoms with E-state index in [1.165, 1.54) is 0 Å². The van der Waals surface area contributed by atoms with Gasteiger partial charge >= 0.3 is 258 Å². The number of hydrogen-bond acceptors (Lipinski definition) is 1. The van der Waals surface area contributed by atoms with E-state index in [9.17, 15) is 5.11 Å². The number of alkyl halides is 3. The van der Waals surface area contributed by atoms with Gasteiger partial charge in [-0.3, -0.25) is 0 Å². The summed E-state index contributed by atoms with van der Waals surface area (Å²) in [6.45, 7) is 13.1. The molecule has 40 heavy (non-hydrogen) atoms. The maximum absolute atomic E-state index is 16.1. The van der Waals surface area contributed by atoms with Gasteiger partial charge in [0.1, 0.15) is 0 Å². The van der Waals surface area contributed by atoms with Crippen LogP contribution in [0.1, 0.15) is 151 Å². The Hall–Kier alpha value is 1.09. The second-order valence-corrected chi connectivity index (χ2v) is 39.5. The zero-order valence-electron chi connectivity index (χ0n) is 27.5. The number of halogens is 3. The van der Waals surface area contributed by atoms with Crippen molar-refractivity contribution in [2.24, 2.45) is 5.92 Å². The molecule has 1 unspecified atom stereocenters. The van der Waals surface area contributed by atoms with Crippen molar-refractivity contribution >= 4 is 36.8 Å². The zero-order chi connectivity index (χ0) is 30.1. The Morgan fingerprint density at radius 2 is 0.925 bits per heavy atom. The maximum atomic E-state index is 16.1. The fourth-order valence-electron chi connectivity index (χ4n) is 7.77. The third-order valence-corrected chi connectivity index (χ3v) is 44.0. The first-order valence-electron chi connectivity index (χ1n) is 17.6. The Labute approximate surface area is 256 Å². The molecule has 1 nitrogen and oxygen atoms in total. The Bertz CT molecular complexity index is 642. The van der Waals surface area contributed by atoms with Crippen molar-refractivity contribution in [1.29, 1.82) is 0 Å². The average Bonchev–Trinajstić information content (AvgIpc) is 2.95. The van der Waals surface area contributed by atoms with E-state index in [2.05, 4.69) is 41.5 Å². The van der Waals surface area contributed by atoms with Gasteiger partial charge in [0.2, 0.25) is 0 Å². The minimum atomic E-state index is -4.29. The number of aliphatic hydroxyl groups excluding tert-OH is 1. The minimum absolute atomic E-state index is 0.0366. The molecule has 1 aliphatic carbocycles. The van der Waals surface area contributed by atoms with Crippen LogP contribution in [-0.2, 0) is 0 Å². The van der Waals surface area contributed by atoms with Crippen molar-refractivity contribution in [2.45, 2.75) is 190 Å². The zero-order valence-corrected chi connectivity index (χ0v) is 33.2. The predicted octanol–water partition coefficient (Wildman–Crippen LogP) is 12.6. The molecule has 0 aromatic carbocycles. The molecule has 0 aromatic heterocycles. The van der Waals surface area contributed by atoms with E-state index in [0.29, 0.717) is 0 Å². The van der Waals surface area contributed by atoms with Gasteiger partial charge < -0.3 is 0 Å². The molecular formula is C34H67F3OSn2. The molecule has 6 heteroatoms. The van der Waals surface area contributed by atoms with Crippen LogP contribution in [0, 0.1) is 5.92 Å². The SMILES string of the molecule is CCC[CH2][Sn]([CH2]CCC)([CH2]CCC)/[C](=[C](/C(F)(F)F)[Sn]([CH2]CCC)([CH2]CCC)[CH2]CCC)C(O)C1CCCCC1. The van der Waals surface area contributed by atoms with Crippen LogP contribution in [0.3, 0.4) is 0 Å². The second-order valence-electron chi connectivity index (χ2n) is 13.3. The Kier molecular flexibility index (Phi) is 20.5. The van der Waals surface area contributed by atoms with Crippen LogP contribution >= 0.6 is 0 Å². The van der Waals surface area contributed by atoms with Gasteiger partial charge in [0.05, 0.1) is 0 Å². The van der Waals surface area contributed by atoms with Gasteiger partial charge in [-0.05, 0) is 0 Å². The average molecular weight is 786 g/mol. The van der Waals surface area contributed by atoms with Gasteiger partial charge in [-0.2, -0.15) is 0 Å². The van der Waals surface area contributed by atoms with Crippen LogP contribution in [0.15, 0.2) is 7.18 Å². The van der Waals surface area contributed by atoms with E-state index in [1.54, 1.807) is 0 Å². The summed E-state index contributed by atoms with van der Waals surface area (Å²) in [7, 11) is 0. The van der Waals surface area contributed by atoms with Crippen molar-refractivity contribution in [1.82, 2.24) is 0 Å². The normalized spacial score (nSPS) is 17.2. The second kappa shape index (κ2) is 20.9. The van der Waals surface area contributed by atoms with Crippen molar-refractivity contribution in [3.8, 4) is 0 Å². The summed E-state index contributed by atoms with van der Waals surface area (Å²) >= 11 is -7.57. The summed E-state index contributed by atoms with van der Waals surface area (Å²) in [5, 5.41) is 12.5. The standard InChI is InChI=1S/C10H13F3O.6C4H9.2Sn/c11-10(12,13)7-6-9(14)8-4-2-1-3-5-8;6*1-3-4-2;;/h8-9,14H,1-5H2;6*1,3-4H2,2H3;;. The Morgan fingerprint density at radius 3 is 1.23 bits per heavy atom. The van der Waals surface area contributed by atoms with Crippen LogP contribution in [0.25, 0.3) is 0 Å². The molecule has 0 spiro atoms. The molecule has 0 saturated heterocycles. The molecule has 0 amide bonds. The third-order valence-electron chi connectivity index (χ3n) is 10.1. The topological polar surface area (TPSA) is 20.2 Å². The summed E-state index contributed by atoms with van der Waals surface area (Å²) in [6, 6.07) is 0. The monoisotopic (exact) mass is 788 g/mol. The van der Waals surface area contributed by atoms with Crippen LogP contribution < -0.4 is 0 Å². The van der Waals surface area contributed by atoms with Gasteiger partial charge in [0.25, 0.3) is 0 Å². The first kappa shape index (κ1) is 39.1. The molecule has 238 valence electrons. The number of allylic oxidation sites excluding steroid dienone is 1. The molecule has 1 saturated carbocycles. The van der Waals surface area contributed by atoms with E-state index in [1.807, 2.05) is 0 Å². The van der Waals surface area contributed by atoms with E-state index in [-0.39, 0.29) is 9.51 Å². The Balaban J connectivity index is 4.25. The van der Waals surface area contributed by atoms with Crippen molar-refractivity contribution in [3.63, 3.8) is 0 Å². The summed E-state index contributed by atoms with van der Waals surface area (Å²) < 4.78 is 54.6. The van der Waals surface area contributed by atoms with Crippen LogP contribution in [0.2, 0.25) is 26.6 Å². The number of hydrogen-bond donors (Lipinski definition) is 1. The van der Waals surface area contributed by atoms with Crippen molar-refractivity contribution in [3.05, 3.63) is 7.18 Å². The van der Waals surface area contributed by atoms with E-state index >= 15 is 13.2 Å². The molecule has 0 bridgehead atoms. The fraction of sp³-hybridized carbons (Fsp3) is 0.941. The van der Waals surface area contributed by atoms with E-state index in [4.69, 9.17) is 0 Å². The van der Waals surface area contributed by atoms with Crippen LogP contribution in [0.4, 0.5) is 13.2 Å². The molecule has 1 rings (SSSR count). The van der Waals surface area contributed by atoms with Gasteiger partial charge in [-0.1, -0.05) is 0 Å². The molecule has 1 N–H and O–H groups in total. The molecule has 0 aromatic rings. The Morgan fingerprint density at radius 1 is 0.600 bits per heavy atom.